The third-order valence-electron chi connectivity index (χ3n) is 1.47. The predicted molar refractivity (Wildman–Crippen MR) is 46.4 cm³/mol. The van der Waals surface area contributed by atoms with Crippen molar-refractivity contribution in [1.29, 1.82) is 0 Å². The van der Waals surface area contributed by atoms with E-state index in [4.69, 9.17) is 26.2 Å². The highest BCUT2D eigenvalue weighted by Crippen LogP contribution is 2.02. The largest absolute Gasteiger partial charge is 0.389 e. The van der Waals surface area contributed by atoms with Crippen molar-refractivity contribution in [3.63, 3.8) is 0 Å². The second-order valence-electron chi connectivity index (χ2n) is 2.41. The van der Waals surface area contributed by atoms with Gasteiger partial charge in [0.25, 0.3) is 0 Å². The summed E-state index contributed by atoms with van der Waals surface area (Å²) in [6, 6.07) is 0. The molecule has 0 aromatic rings. The lowest BCUT2D eigenvalue weighted by atomic mass is 10.0. The molecule has 0 aliphatic heterocycles. The zero-order chi connectivity index (χ0) is 9.72. The zero-order valence-corrected chi connectivity index (χ0v) is 7.59. The molecule has 0 radical (unpaired) electrons. The second-order valence-corrected chi connectivity index (χ2v) is 2.41. The number of hydrogen-bond donors (Lipinski definition) is 5. The van der Waals surface area contributed by atoms with Crippen molar-refractivity contribution < 1.29 is 25.2 Å². The van der Waals surface area contributed by atoms with Crippen LogP contribution in [0.2, 0.25) is 0 Å². The minimum atomic E-state index is -1.71. The number of aliphatic hydroxyl groups is 4. The molecule has 0 heterocycles. The van der Waals surface area contributed by atoms with Crippen molar-refractivity contribution >= 4 is 18.7 Å². The van der Waals surface area contributed by atoms with Crippen LogP contribution in [0.25, 0.3) is 0 Å². The summed E-state index contributed by atoms with van der Waals surface area (Å²) >= 11 is 0. The Labute approximate surface area is 81.4 Å². The molecule has 0 aliphatic carbocycles. The molecule has 7 heteroatoms. The maximum Gasteiger partial charge on any atom is 0.151 e. The van der Waals surface area contributed by atoms with Crippen molar-refractivity contribution in [2.45, 2.75) is 24.4 Å². The van der Waals surface area contributed by atoms with Crippen molar-refractivity contribution in [2.24, 2.45) is 5.73 Å². The van der Waals surface area contributed by atoms with Gasteiger partial charge in [0.2, 0.25) is 0 Å². The van der Waals surface area contributed by atoms with Gasteiger partial charge in [-0.3, -0.25) is 0 Å². The molecular formula is C6H14ClNO5. The van der Waals surface area contributed by atoms with Crippen molar-refractivity contribution in [1.82, 2.24) is 0 Å². The summed E-state index contributed by atoms with van der Waals surface area (Å²) in [5.74, 6) is 0. The summed E-state index contributed by atoms with van der Waals surface area (Å²) in [6.45, 7) is -0.260. The number of rotatable bonds is 5. The average molecular weight is 216 g/mol. The number of hydrogen-bond acceptors (Lipinski definition) is 6. The molecule has 6 nitrogen and oxygen atoms in total. The van der Waals surface area contributed by atoms with E-state index in [0.29, 0.717) is 0 Å². The van der Waals surface area contributed by atoms with Crippen LogP contribution in [-0.4, -0.2) is 57.7 Å². The monoisotopic (exact) mass is 215 g/mol. The fraction of sp³-hybridized carbons (Fsp3) is 0.833. The Bertz CT molecular complexity index is 147. The van der Waals surface area contributed by atoms with Crippen LogP contribution in [0, 0.1) is 0 Å². The summed E-state index contributed by atoms with van der Waals surface area (Å²) in [4.78, 5) is 9.93. The lowest BCUT2D eigenvalue weighted by Gasteiger charge is -2.22. The van der Waals surface area contributed by atoms with Crippen LogP contribution in [-0.2, 0) is 4.79 Å². The number of carbonyl (C=O) groups excluding carboxylic acids is 1. The fourth-order valence-corrected chi connectivity index (χ4v) is 0.650. The number of aldehydes is 1. The molecule has 0 aliphatic rings. The summed E-state index contributed by atoms with van der Waals surface area (Å²) in [6.07, 6.45) is -6.32. The molecule has 80 valence electrons. The molecule has 13 heavy (non-hydrogen) atoms. The Morgan fingerprint density at radius 3 is 1.92 bits per heavy atom. The third-order valence-corrected chi connectivity index (χ3v) is 1.47. The summed E-state index contributed by atoms with van der Waals surface area (Å²) in [5, 5.41) is 35.5. The van der Waals surface area contributed by atoms with Crippen LogP contribution in [0.15, 0.2) is 0 Å². The molecule has 0 rings (SSSR count). The van der Waals surface area contributed by atoms with E-state index in [-0.39, 0.29) is 25.2 Å². The smallest absolute Gasteiger partial charge is 0.151 e. The quantitative estimate of drug-likeness (QED) is 0.312. The van der Waals surface area contributed by atoms with Crippen LogP contribution in [0.3, 0.4) is 0 Å². The maximum absolute atomic E-state index is 9.93. The van der Waals surface area contributed by atoms with Gasteiger partial charge in [0.15, 0.2) is 6.29 Å². The first-order valence-corrected chi connectivity index (χ1v) is 3.42. The Kier molecular flexibility index (Phi) is 8.43. The molecule has 0 spiro atoms. The third kappa shape index (κ3) is 4.51. The number of halogens is 1. The Morgan fingerprint density at radius 1 is 1.15 bits per heavy atom. The van der Waals surface area contributed by atoms with E-state index in [1.165, 1.54) is 0 Å². The maximum atomic E-state index is 9.93. The molecule has 0 aromatic carbocycles. The average Bonchev–Trinajstić information content (AvgIpc) is 2.12. The highest BCUT2D eigenvalue weighted by Gasteiger charge is 2.29. The normalized spacial score (nSPS) is 19.5. The van der Waals surface area contributed by atoms with E-state index in [1.807, 2.05) is 0 Å². The predicted octanol–water partition coefficient (Wildman–Crippen LogP) is -2.99. The fourth-order valence-electron chi connectivity index (χ4n) is 0.650. The first kappa shape index (κ1) is 15.2. The van der Waals surface area contributed by atoms with Crippen LogP contribution in [0.1, 0.15) is 0 Å². The van der Waals surface area contributed by atoms with E-state index in [2.05, 4.69) is 0 Å². The minimum absolute atomic E-state index is 0. The first-order valence-electron chi connectivity index (χ1n) is 3.42. The van der Waals surface area contributed by atoms with E-state index in [9.17, 15) is 4.79 Å². The molecule has 0 bridgehead atoms. The number of aliphatic hydroxyl groups excluding tert-OH is 4. The highest BCUT2D eigenvalue weighted by atomic mass is 35.5. The van der Waals surface area contributed by atoms with Gasteiger partial charge in [-0.25, -0.2) is 0 Å². The van der Waals surface area contributed by atoms with Gasteiger partial charge in [-0.15, -0.1) is 12.4 Å². The van der Waals surface area contributed by atoms with Gasteiger partial charge in [-0.05, 0) is 0 Å². The lowest BCUT2D eigenvalue weighted by Crippen LogP contribution is -2.47. The topological polar surface area (TPSA) is 124 Å². The van der Waals surface area contributed by atoms with Gasteiger partial charge < -0.3 is 31.0 Å². The second kappa shape index (κ2) is 7.19. The van der Waals surface area contributed by atoms with Crippen LogP contribution >= 0.6 is 12.4 Å². The van der Waals surface area contributed by atoms with Gasteiger partial charge in [-0.1, -0.05) is 0 Å². The standard InChI is InChI=1S/C6H13NO5.ClH/c7-1-3(9)5(11)6(12)4(10)2-8;/h2-6,9-12H,1,7H2;1H/t3-,4+,5+,6-;/m1./s1. The first-order chi connectivity index (χ1) is 5.54. The zero-order valence-electron chi connectivity index (χ0n) is 6.78. The summed E-state index contributed by atoms with van der Waals surface area (Å²) in [5.41, 5.74) is 4.96. The number of nitrogens with two attached hydrogens (primary N) is 1. The van der Waals surface area contributed by atoms with Gasteiger partial charge in [0.1, 0.15) is 18.3 Å². The highest BCUT2D eigenvalue weighted by molar-refractivity contribution is 5.85. The molecular weight excluding hydrogens is 202 g/mol. The lowest BCUT2D eigenvalue weighted by molar-refractivity contribution is -0.132. The Morgan fingerprint density at radius 2 is 1.62 bits per heavy atom. The van der Waals surface area contributed by atoms with Gasteiger partial charge in [0, 0.05) is 6.54 Å². The Hall–Kier alpha value is -0.240. The summed E-state index contributed by atoms with van der Waals surface area (Å²) in [7, 11) is 0. The molecule has 0 fully saturated rings. The molecule has 6 N–H and O–H groups in total. The van der Waals surface area contributed by atoms with Gasteiger partial charge in [0.05, 0.1) is 6.10 Å². The van der Waals surface area contributed by atoms with Gasteiger partial charge in [-0.2, -0.15) is 0 Å². The van der Waals surface area contributed by atoms with E-state index in [1.54, 1.807) is 0 Å². The summed E-state index contributed by atoms with van der Waals surface area (Å²) < 4.78 is 0. The molecule has 0 saturated carbocycles. The van der Waals surface area contributed by atoms with Crippen LogP contribution < -0.4 is 5.73 Å². The SMILES string of the molecule is Cl.NC[C@@H](O)[C@H](O)[C@H](O)[C@@H](O)C=O. The molecule has 4 atom stereocenters. The molecule has 0 aromatic heterocycles. The minimum Gasteiger partial charge on any atom is -0.389 e. The van der Waals surface area contributed by atoms with Gasteiger partial charge >= 0.3 is 0 Å². The van der Waals surface area contributed by atoms with Crippen molar-refractivity contribution in [2.75, 3.05) is 6.54 Å². The van der Waals surface area contributed by atoms with E-state index < -0.39 is 24.4 Å². The number of carbonyl (C=O) groups is 1. The van der Waals surface area contributed by atoms with E-state index in [0.717, 1.165) is 0 Å². The van der Waals surface area contributed by atoms with Crippen LogP contribution in [0.5, 0.6) is 0 Å². The van der Waals surface area contributed by atoms with E-state index >= 15 is 0 Å². The Balaban J connectivity index is 0. The van der Waals surface area contributed by atoms with Crippen molar-refractivity contribution in [3.05, 3.63) is 0 Å². The molecule has 0 amide bonds. The van der Waals surface area contributed by atoms with Crippen LogP contribution in [0.4, 0.5) is 0 Å². The molecule has 0 unspecified atom stereocenters. The van der Waals surface area contributed by atoms with Crippen molar-refractivity contribution in [3.8, 4) is 0 Å². The molecule has 0 saturated heterocycles.